The molecule has 0 saturated carbocycles. The van der Waals surface area contributed by atoms with Gasteiger partial charge in [-0.3, -0.25) is 0 Å². The Kier molecular flexibility index (Phi) is 4.92. The lowest BCUT2D eigenvalue weighted by atomic mass is 10.2. The second-order valence-electron chi connectivity index (χ2n) is 7.40. The molecule has 3 heteroatoms. The van der Waals surface area contributed by atoms with Gasteiger partial charge in [-0.25, -0.2) is 0 Å². The van der Waals surface area contributed by atoms with Crippen molar-refractivity contribution in [2.45, 2.75) is 25.8 Å². The van der Waals surface area contributed by atoms with E-state index in [2.05, 4.69) is 87.5 Å². The van der Waals surface area contributed by atoms with Crippen molar-refractivity contribution in [3.63, 3.8) is 0 Å². The molecule has 24 heavy (non-hydrogen) atoms. The van der Waals surface area contributed by atoms with E-state index < -0.39 is 8.32 Å². The van der Waals surface area contributed by atoms with Gasteiger partial charge in [0.2, 0.25) is 0 Å². The predicted octanol–water partition coefficient (Wildman–Crippen LogP) is 3.72. The highest BCUT2D eigenvalue weighted by atomic mass is 28.4. The van der Waals surface area contributed by atoms with E-state index >= 15 is 0 Å². The maximum Gasteiger partial charge on any atom is 0.261 e. The molecule has 1 atom stereocenters. The van der Waals surface area contributed by atoms with Gasteiger partial charge in [0.1, 0.15) is 0 Å². The fourth-order valence-electron chi connectivity index (χ4n) is 3.50. The third kappa shape index (κ3) is 3.19. The van der Waals surface area contributed by atoms with Crippen molar-refractivity contribution in [2.24, 2.45) is 5.92 Å². The van der Waals surface area contributed by atoms with Crippen LogP contribution in [0.4, 0.5) is 0 Å². The van der Waals surface area contributed by atoms with E-state index in [1.807, 2.05) is 0 Å². The minimum absolute atomic E-state index is 0.0267. The third-order valence-electron chi connectivity index (χ3n) is 4.69. The van der Waals surface area contributed by atoms with Gasteiger partial charge in [-0.15, -0.1) is 0 Å². The summed E-state index contributed by atoms with van der Waals surface area (Å²) in [7, 11) is -2.41. The van der Waals surface area contributed by atoms with Gasteiger partial charge in [0.05, 0.1) is 12.9 Å². The van der Waals surface area contributed by atoms with E-state index in [-0.39, 0.29) is 5.04 Å². The number of rotatable bonds is 5. The zero-order valence-electron chi connectivity index (χ0n) is 14.7. The Morgan fingerprint density at radius 2 is 1.50 bits per heavy atom. The largest absolute Gasteiger partial charge is 0.501 e. The molecular formula is C21H26O2Si. The summed E-state index contributed by atoms with van der Waals surface area (Å²) in [5, 5.41) is 2.68. The van der Waals surface area contributed by atoms with E-state index in [1.54, 1.807) is 6.26 Å². The standard InChI is InChI=1S/C21H26O2Si/c1-21(2,3)24(19-10-6-4-7-11-19,20-12-8-5-9-13-20)23-17-18-14-15-22-16-18/h4-15,18H,16-17H2,1-3H3/t18-/m1/s1. The Labute approximate surface area is 146 Å². The monoisotopic (exact) mass is 338 g/mol. The maximum absolute atomic E-state index is 6.86. The fourth-order valence-corrected chi connectivity index (χ4v) is 8.12. The summed E-state index contributed by atoms with van der Waals surface area (Å²) in [6.45, 7) is 8.34. The minimum atomic E-state index is -2.41. The van der Waals surface area contributed by atoms with Crippen LogP contribution in [0.2, 0.25) is 5.04 Å². The summed E-state index contributed by atoms with van der Waals surface area (Å²) in [6.07, 6.45) is 3.90. The topological polar surface area (TPSA) is 18.5 Å². The van der Waals surface area contributed by atoms with Gasteiger partial charge in [-0.2, -0.15) is 0 Å². The smallest absolute Gasteiger partial charge is 0.261 e. The molecule has 0 saturated heterocycles. The molecule has 1 heterocycles. The van der Waals surface area contributed by atoms with Gasteiger partial charge in [0.15, 0.2) is 0 Å². The van der Waals surface area contributed by atoms with Crippen LogP contribution in [-0.4, -0.2) is 21.5 Å². The van der Waals surface area contributed by atoms with E-state index in [9.17, 15) is 0 Å². The summed E-state index contributed by atoms with van der Waals surface area (Å²) in [5.74, 6) is 0.339. The summed E-state index contributed by atoms with van der Waals surface area (Å²) in [4.78, 5) is 0. The maximum atomic E-state index is 6.86. The molecule has 1 aliphatic heterocycles. The van der Waals surface area contributed by atoms with Crippen LogP contribution in [0.3, 0.4) is 0 Å². The first-order chi connectivity index (χ1) is 11.5. The molecular weight excluding hydrogens is 312 g/mol. The number of ether oxygens (including phenoxy) is 1. The van der Waals surface area contributed by atoms with Crippen molar-refractivity contribution in [3.8, 4) is 0 Å². The third-order valence-corrected chi connectivity index (χ3v) is 9.69. The molecule has 0 spiro atoms. The van der Waals surface area contributed by atoms with E-state index in [0.29, 0.717) is 12.5 Å². The van der Waals surface area contributed by atoms with Crippen molar-refractivity contribution in [3.05, 3.63) is 73.0 Å². The molecule has 2 aromatic rings. The van der Waals surface area contributed by atoms with Crippen molar-refractivity contribution >= 4 is 18.7 Å². The lowest BCUT2D eigenvalue weighted by Crippen LogP contribution is -2.66. The van der Waals surface area contributed by atoms with Crippen LogP contribution in [0.5, 0.6) is 0 Å². The zero-order chi connectivity index (χ0) is 17.0. The average molecular weight is 339 g/mol. The van der Waals surface area contributed by atoms with Gasteiger partial charge in [-0.05, 0) is 21.5 Å². The first-order valence-electron chi connectivity index (χ1n) is 8.57. The minimum Gasteiger partial charge on any atom is -0.501 e. The fraction of sp³-hybridized carbons (Fsp3) is 0.333. The number of benzene rings is 2. The molecule has 2 nitrogen and oxygen atoms in total. The van der Waals surface area contributed by atoms with Gasteiger partial charge in [0.25, 0.3) is 8.32 Å². The average Bonchev–Trinajstić information content (AvgIpc) is 3.10. The Balaban J connectivity index is 2.08. The molecule has 3 rings (SSSR count). The molecule has 0 bridgehead atoms. The molecule has 0 fully saturated rings. The van der Waals surface area contributed by atoms with Crippen molar-refractivity contribution in [2.75, 3.05) is 13.2 Å². The van der Waals surface area contributed by atoms with Crippen LogP contribution in [0.1, 0.15) is 20.8 Å². The molecule has 2 aromatic carbocycles. The summed E-state index contributed by atoms with van der Waals surface area (Å²) in [5.41, 5.74) is 0. The first kappa shape index (κ1) is 17.0. The molecule has 0 amide bonds. The second kappa shape index (κ2) is 6.95. The Morgan fingerprint density at radius 3 is 1.92 bits per heavy atom. The van der Waals surface area contributed by atoms with Crippen LogP contribution in [0.25, 0.3) is 0 Å². The van der Waals surface area contributed by atoms with E-state index in [4.69, 9.17) is 9.16 Å². The van der Waals surface area contributed by atoms with Crippen molar-refractivity contribution in [1.29, 1.82) is 0 Å². The summed E-state index contributed by atoms with van der Waals surface area (Å²) < 4.78 is 12.2. The highest BCUT2D eigenvalue weighted by Gasteiger charge is 2.50. The molecule has 0 aromatic heterocycles. The predicted molar refractivity (Wildman–Crippen MR) is 102 cm³/mol. The van der Waals surface area contributed by atoms with Crippen LogP contribution in [-0.2, 0) is 9.16 Å². The summed E-state index contributed by atoms with van der Waals surface area (Å²) >= 11 is 0. The first-order valence-corrected chi connectivity index (χ1v) is 10.5. The molecule has 0 unspecified atom stereocenters. The molecule has 0 radical (unpaired) electrons. The number of hydrogen-bond acceptors (Lipinski definition) is 2. The Hall–Kier alpha value is -1.84. The molecule has 0 aliphatic carbocycles. The molecule has 1 aliphatic rings. The van der Waals surface area contributed by atoms with E-state index in [0.717, 1.165) is 6.61 Å². The molecule has 0 N–H and O–H groups in total. The Bertz CT molecular complexity index is 634. The zero-order valence-corrected chi connectivity index (χ0v) is 15.7. The van der Waals surface area contributed by atoms with Crippen molar-refractivity contribution in [1.82, 2.24) is 0 Å². The van der Waals surface area contributed by atoms with Gasteiger partial charge in [0, 0.05) is 12.5 Å². The highest BCUT2D eigenvalue weighted by molar-refractivity contribution is 6.99. The molecule has 126 valence electrons. The van der Waals surface area contributed by atoms with Gasteiger partial charge in [-0.1, -0.05) is 81.4 Å². The van der Waals surface area contributed by atoms with E-state index in [1.165, 1.54) is 10.4 Å². The van der Waals surface area contributed by atoms with Crippen LogP contribution < -0.4 is 10.4 Å². The lowest BCUT2D eigenvalue weighted by molar-refractivity contribution is 0.193. The van der Waals surface area contributed by atoms with Gasteiger partial charge < -0.3 is 9.16 Å². The highest BCUT2D eigenvalue weighted by Crippen LogP contribution is 2.37. The lowest BCUT2D eigenvalue weighted by Gasteiger charge is -2.43. The van der Waals surface area contributed by atoms with Gasteiger partial charge >= 0.3 is 0 Å². The Morgan fingerprint density at radius 1 is 0.958 bits per heavy atom. The SMILES string of the molecule is CC(C)(C)[Si](OC[C@@H]1C=COC1)(c1ccccc1)c1ccccc1. The quantitative estimate of drug-likeness (QED) is 0.774. The summed E-state index contributed by atoms with van der Waals surface area (Å²) in [6, 6.07) is 21.5. The van der Waals surface area contributed by atoms with Crippen LogP contribution >= 0.6 is 0 Å². The van der Waals surface area contributed by atoms with Crippen LogP contribution in [0.15, 0.2) is 73.0 Å². The second-order valence-corrected chi connectivity index (χ2v) is 11.7. The van der Waals surface area contributed by atoms with Crippen LogP contribution in [0, 0.1) is 5.92 Å². The number of hydrogen-bond donors (Lipinski definition) is 0. The normalized spacial score (nSPS) is 17.7. The van der Waals surface area contributed by atoms with Crippen molar-refractivity contribution < 1.29 is 9.16 Å².